The van der Waals surface area contributed by atoms with Gasteiger partial charge in [0.15, 0.2) is 0 Å². The highest BCUT2D eigenvalue weighted by atomic mass is 127. The summed E-state index contributed by atoms with van der Waals surface area (Å²) in [5, 5.41) is 0. The quantitative estimate of drug-likeness (QED) is 0.765. The highest BCUT2D eigenvalue weighted by molar-refractivity contribution is 14.1. The summed E-state index contributed by atoms with van der Waals surface area (Å²) in [6.45, 7) is 4.88. The van der Waals surface area contributed by atoms with Crippen LogP contribution in [0.4, 0.5) is 0 Å². The van der Waals surface area contributed by atoms with Crippen molar-refractivity contribution in [1.82, 2.24) is 9.88 Å². The monoisotopic (exact) mass is 385 g/mol. The molecule has 1 rings (SSSR count). The van der Waals surface area contributed by atoms with Crippen molar-refractivity contribution in [2.45, 2.75) is 26.3 Å². The van der Waals surface area contributed by atoms with E-state index >= 15 is 0 Å². The summed E-state index contributed by atoms with van der Waals surface area (Å²) in [5.41, 5.74) is 6.60. The predicted octanol–water partition coefficient (Wildman–Crippen LogP) is 2.49. The molecule has 3 N–H and O–H groups in total. The Bertz CT molecular complexity index is 381. The summed E-state index contributed by atoms with van der Waals surface area (Å²) < 4.78 is 1.04. The average molecular weight is 386 g/mol. The SMILES string of the molecule is CC(C)C(N)CCN(C)C(=O)c1cc(I)c[nH]1.Cl. The van der Waals surface area contributed by atoms with Crippen molar-refractivity contribution in [3.63, 3.8) is 0 Å². The van der Waals surface area contributed by atoms with Crippen LogP contribution < -0.4 is 5.73 Å². The van der Waals surface area contributed by atoms with Gasteiger partial charge in [0.05, 0.1) is 0 Å². The molecule has 0 bridgehead atoms. The maximum atomic E-state index is 12.0. The third kappa shape index (κ3) is 5.16. The fourth-order valence-corrected chi connectivity index (χ4v) is 1.94. The molecule has 0 saturated heterocycles. The van der Waals surface area contributed by atoms with Gasteiger partial charge in [0.25, 0.3) is 5.91 Å². The van der Waals surface area contributed by atoms with E-state index in [1.807, 2.05) is 19.3 Å². The van der Waals surface area contributed by atoms with Gasteiger partial charge in [-0.15, -0.1) is 12.4 Å². The van der Waals surface area contributed by atoms with E-state index in [1.54, 1.807) is 4.90 Å². The molecular weight excluding hydrogens is 365 g/mol. The van der Waals surface area contributed by atoms with E-state index in [0.29, 0.717) is 18.2 Å². The van der Waals surface area contributed by atoms with E-state index in [2.05, 4.69) is 41.4 Å². The van der Waals surface area contributed by atoms with Gasteiger partial charge in [-0.3, -0.25) is 4.79 Å². The van der Waals surface area contributed by atoms with Crippen LogP contribution in [-0.2, 0) is 0 Å². The summed E-state index contributed by atoms with van der Waals surface area (Å²) in [5.74, 6) is 0.466. The van der Waals surface area contributed by atoms with E-state index in [-0.39, 0.29) is 24.4 Å². The molecule has 1 heterocycles. The van der Waals surface area contributed by atoms with Crippen LogP contribution >= 0.6 is 35.0 Å². The van der Waals surface area contributed by atoms with Crippen molar-refractivity contribution >= 4 is 40.9 Å². The first-order valence-electron chi connectivity index (χ1n) is 5.76. The summed E-state index contributed by atoms with van der Waals surface area (Å²) >= 11 is 2.18. The lowest BCUT2D eigenvalue weighted by Gasteiger charge is -2.21. The highest BCUT2D eigenvalue weighted by Gasteiger charge is 2.15. The summed E-state index contributed by atoms with van der Waals surface area (Å²) in [6.07, 6.45) is 2.65. The summed E-state index contributed by atoms with van der Waals surface area (Å²) in [7, 11) is 1.81. The number of nitrogens with two attached hydrogens (primary N) is 1. The van der Waals surface area contributed by atoms with Gasteiger partial charge in [-0.2, -0.15) is 0 Å². The Hall–Kier alpha value is -0.270. The molecule has 0 aliphatic rings. The van der Waals surface area contributed by atoms with Crippen LogP contribution in [0.25, 0.3) is 0 Å². The fourth-order valence-electron chi connectivity index (χ4n) is 1.47. The topological polar surface area (TPSA) is 62.1 Å². The molecule has 4 nitrogen and oxygen atoms in total. The number of nitrogens with one attached hydrogen (secondary N) is 1. The third-order valence-corrected chi connectivity index (χ3v) is 3.50. The number of rotatable bonds is 5. The van der Waals surface area contributed by atoms with Crippen molar-refractivity contribution in [1.29, 1.82) is 0 Å². The maximum Gasteiger partial charge on any atom is 0.270 e. The second kappa shape index (κ2) is 8.01. The van der Waals surface area contributed by atoms with E-state index in [9.17, 15) is 4.79 Å². The average Bonchev–Trinajstić information content (AvgIpc) is 2.70. The molecule has 0 aromatic carbocycles. The predicted molar refractivity (Wildman–Crippen MR) is 85.1 cm³/mol. The molecule has 6 heteroatoms. The van der Waals surface area contributed by atoms with Crippen LogP contribution in [0.1, 0.15) is 30.8 Å². The molecular formula is C12H21ClIN3O. The zero-order valence-corrected chi connectivity index (χ0v) is 13.9. The number of hydrogen-bond donors (Lipinski definition) is 2. The standard InChI is InChI=1S/C12H20IN3O.ClH/c1-8(2)10(14)4-5-16(3)12(17)11-6-9(13)7-15-11;/h6-8,10,15H,4-5,14H2,1-3H3;1H. The zero-order chi connectivity index (χ0) is 13.0. The molecule has 0 spiro atoms. The Morgan fingerprint density at radius 3 is 2.61 bits per heavy atom. The zero-order valence-electron chi connectivity index (χ0n) is 10.9. The lowest BCUT2D eigenvalue weighted by molar-refractivity contribution is 0.0784. The number of aromatic nitrogens is 1. The second-order valence-electron chi connectivity index (χ2n) is 4.65. The van der Waals surface area contributed by atoms with E-state index < -0.39 is 0 Å². The van der Waals surface area contributed by atoms with Gasteiger partial charge >= 0.3 is 0 Å². The smallest absolute Gasteiger partial charge is 0.270 e. The third-order valence-electron chi connectivity index (χ3n) is 2.88. The molecule has 0 saturated carbocycles. The normalized spacial score (nSPS) is 12.1. The lowest BCUT2D eigenvalue weighted by atomic mass is 10.0. The van der Waals surface area contributed by atoms with E-state index in [0.717, 1.165) is 9.99 Å². The van der Waals surface area contributed by atoms with E-state index in [4.69, 9.17) is 5.73 Å². The molecule has 0 aliphatic heterocycles. The molecule has 1 aromatic rings. The van der Waals surface area contributed by atoms with Crippen LogP contribution in [-0.4, -0.2) is 35.4 Å². The highest BCUT2D eigenvalue weighted by Crippen LogP contribution is 2.09. The minimum Gasteiger partial charge on any atom is -0.356 e. The van der Waals surface area contributed by atoms with Crippen LogP contribution in [0.5, 0.6) is 0 Å². The Kier molecular flexibility index (Phi) is 7.89. The Morgan fingerprint density at radius 2 is 2.17 bits per heavy atom. The van der Waals surface area contributed by atoms with Gasteiger partial charge in [-0.05, 0) is 41.0 Å². The van der Waals surface area contributed by atoms with Gasteiger partial charge in [0, 0.05) is 29.4 Å². The number of carbonyl (C=O) groups is 1. The van der Waals surface area contributed by atoms with Crippen LogP contribution in [0.2, 0.25) is 0 Å². The number of carbonyl (C=O) groups excluding carboxylic acids is 1. The number of nitrogens with zero attached hydrogens (tertiary/aromatic N) is 1. The Labute approximate surface area is 128 Å². The maximum absolute atomic E-state index is 12.0. The van der Waals surface area contributed by atoms with Crippen LogP contribution in [0.3, 0.4) is 0 Å². The van der Waals surface area contributed by atoms with Crippen molar-refractivity contribution in [2.24, 2.45) is 11.7 Å². The first kappa shape index (κ1) is 17.7. The van der Waals surface area contributed by atoms with E-state index in [1.165, 1.54) is 0 Å². The number of halogens is 2. The van der Waals surface area contributed by atoms with Crippen molar-refractivity contribution in [2.75, 3.05) is 13.6 Å². The number of H-pyrrole nitrogens is 1. The van der Waals surface area contributed by atoms with Gasteiger partial charge in [0.2, 0.25) is 0 Å². The van der Waals surface area contributed by atoms with Gasteiger partial charge in [-0.1, -0.05) is 13.8 Å². The van der Waals surface area contributed by atoms with Gasteiger partial charge in [0.1, 0.15) is 5.69 Å². The van der Waals surface area contributed by atoms with Crippen molar-refractivity contribution in [3.8, 4) is 0 Å². The number of aromatic amines is 1. The van der Waals surface area contributed by atoms with Crippen LogP contribution in [0, 0.1) is 9.49 Å². The van der Waals surface area contributed by atoms with Crippen molar-refractivity contribution < 1.29 is 4.79 Å². The molecule has 104 valence electrons. The Balaban J connectivity index is 0.00000289. The van der Waals surface area contributed by atoms with Crippen molar-refractivity contribution in [3.05, 3.63) is 21.5 Å². The molecule has 0 aliphatic carbocycles. The molecule has 1 amide bonds. The molecule has 0 radical (unpaired) electrons. The minimum atomic E-state index is 0. The molecule has 1 aromatic heterocycles. The van der Waals surface area contributed by atoms with Crippen LogP contribution in [0.15, 0.2) is 12.3 Å². The second-order valence-corrected chi connectivity index (χ2v) is 5.90. The fraction of sp³-hybridized carbons (Fsp3) is 0.583. The first-order valence-corrected chi connectivity index (χ1v) is 6.84. The first-order chi connectivity index (χ1) is 7.91. The summed E-state index contributed by atoms with van der Waals surface area (Å²) in [4.78, 5) is 16.7. The molecule has 1 unspecified atom stereocenters. The largest absolute Gasteiger partial charge is 0.356 e. The Morgan fingerprint density at radius 1 is 1.56 bits per heavy atom. The van der Waals surface area contributed by atoms with Gasteiger partial charge < -0.3 is 15.6 Å². The number of hydrogen-bond acceptors (Lipinski definition) is 2. The molecule has 0 fully saturated rings. The minimum absolute atomic E-state index is 0. The molecule has 18 heavy (non-hydrogen) atoms. The summed E-state index contributed by atoms with van der Waals surface area (Å²) in [6, 6.07) is 2.00. The molecule has 1 atom stereocenters. The van der Waals surface area contributed by atoms with Gasteiger partial charge in [-0.25, -0.2) is 0 Å². The lowest BCUT2D eigenvalue weighted by Crippen LogP contribution is -2.34. The number of amides is 1.